The van der Waals surface area contributed by atoms with Gasteiger partial charge in [0, 0.05) is 5.69 Å². The van der Waals surface area contributed by atoms with Crippen molar-refractivity contribution < 1.29 is 13.2 Å². The molecule has 0 saturated carbocycles. The van der Waals surface area contributed by atoms with E-state index in [9.17, 15) is 13.2 Å². The van der Waals surface area contributed by atoms with Gasteiger partial charge in [0.05, 0.1) is 15.6 Å². The van der Waals surface area contributed by atoms with Crippen molar-refractivity contribution in [2.45, 2.75) is 13.1 Å². The third-order valence-electron chi connectivity index (χ3n) is 2.56. The van der Waals surface area contributed by atoms with Crippen molar-refractivity contribution in [3.05, 3.63) is 45.2 Å². The molecule has 3 nitrogen and oxygen atoms in total. The number of rotatable bonds is 1. The maximum Gasteiger partial charge on any atom is 0.416 e. The second-order valence-electron chi connectivity index (χ2n) is 3.98. The minimum Gasteiger partial charge on any atom is -0.234 e. The average Bonchev–Trinajstić information content (AvgIpc) is 2.69. The predicted octanol–water partition coefficient (Wildman–Crippen LogP) is 4.38. The highest BCUT2D eigenvalue weighted by Gasteiger charge is 2.32. The number of aromatic nitrogens is 2. The summed E-state index contributed by atoms with van der Waals surface area (Å²) in [5.41, 5.74) is -0.179. The molecule has 0 saturated heterocycles. The van der Waals surface area contributed by atoms with E-state index in [2.05, 4.69) is 5.10 Å². The molecule has 0 fully saturated rings. The second kappa shape index (κ2) is 5.00. The molecule has 0 spiro atoms. The lowest BCUT2D eigenvalue weighted by atomic mass is 10.2. The SMILES string of the molecule is Cc1cc(C#N)nn1-c1c(Cl)cc(C(F)(F)F)cc1Cl. The predicted molar refractivity (Wildman–Crippen MR) is 68.0 cm³/mol. The molecule has 2 aromatic rings. The molecule has 2 rings (SSSR count). The van der Waals surface area contributed by atoms with Crippen LogP contribution in [0.3, 0.4) is 0 Å². The number of hydrogen-bond donors (Lipinski definition) is 0. The molecular weight excluding hydrogens is 314 g/mol. The third-order valence-corrected chi connectivity index (χ3v) is 3.13. The topological polar surface area (TPSA) is 41.6 Å². The zero-order chi connectivity index (χ0) is 15.1. The molecular formula is C12H6Cl2F3N3. The average molecular weight is 320 g/mol. The fourth-order valence-electron chi connectivity index (χ4n) is 1.69. The molecule has 0 N–H and O–H groups in total. The van der Waals surface area contributed by atoms with Crippen LogP contribution in [0.4, 0.5) is 13.2 Å². The van der Waals surface area contributed by atoms with Gasteiger partial charge in [-0.25, -0.2) is 4.68 Å². The van der Waals surface area contributed by atoms with Gasteiger partial charge in [-0.15, -0.1) is 0 Å². The van der Waals surface area contributed by atoms with E-state index < -0.39 is 11.7 Å². The Labute approximate surface area is 122 Å². The van der Waals surface area contributed by atoms with Gasteiger partial charge in [-0.3, -0.25) is 0 Å². The summed E-state index contributed by atoms with van der Waals surface area (Å²) in [5, 5.41) is 12.3. The van der Waals surface area contributed by atoms with Crippen molar-refractivity contribution in [3.8, 4) is 11.8 Å². The normalized spacial score (nSPS) is 11.4. The van der Waals surface area contributed by atoms with Crippen molar-refractivity contribution in [1.82, 2.24) is 9.78 Å². The van der Waals surface area contributed by atoms with E-state index in [0.717, 1.165) is 12.1 Å². The number of hydrogen-bond acceptors (Lipinski definition) is 2. The Balaban J connectivity index is 2.64. The van der Waals surface area contributed by atoms with E-state index in [0.29, 0.717) is 5.69 Å². The Morgan fingerprint density at radius 3 is 2.15 bits per heavy atom. The number of alkyl halides is 3. The van der Waals surface area contributed by atoms with E-state index in [4.69, 9.17) is 28.5 Å². The quantitative estimate of drug-likeness (QED) is 0.782. The van der Waals surface area contributed by atoms with Gasteiger partial charge in [0.2, 0.25) is 0 Å². The Hall–Kier alpha value is -1.71. The smallest absolute Gasteiger partial charge is 0.234 e. The molecule has 1 heterocycles. The van der Waals surface area contributed by atoms with Gasteiger partial charge in [-0.2, -0.15) is 23.5 Å². The van der Waals surface area contributed by atoms with Crippen LogP contribution in [0.1, 0.15) is 17.0 Å². The van der Waals surface area contributed by atoms with Crippen LogP contribution in [-0.2, 0) is 6.18 Å². The fourth-order valence-corrected chi connectivity index (χ4v) is 2.33. The summed E-state index contributed by atoms with van der Waals surface area (Å²) < 4.78 is 39.2. The van der Waals surface area contributed by atoms with Crippen molar-refractivity contribution in [2.24, 2.45) is 0 Å². The maximum atomic E-state index is 12.6. The first-order chi connectivity index (χ1) is 9.24. The summed E-state index contributed by atoms with van der Waals surface area (Å²) >= 11 is 11.7. The lowest BCUT2D eigenvalue weighted by molar-refractivity contribution is -0.137. The van der Waals surface area contributed by atoms with Gasteiger partial charge in [0.15, 0.2) is 5.69 Å². The summed E-state index contributed by atoms with van der Waals surface area (Å²) in [5.74, 6) is 0. The van der Waals surface area contributed by atoms with Crippen LogP contribution in [0, 0.1) is 18.3 Å². The largest absolute Gasteiger partial charge is 0.416 e. The Kier molecular flexibility index (Phi) is 3.67. The molecule has 0 aliphatic carbocycles. The monoisotopic (exact) mass is 319 g/mol. The molecule has 0 amide bonds. The number of benzene rings is 1. The molecule has 1 aromatic carbocycles. The molecule has 20 heavy (non-hydrogen) atoms. The van der Waals surface area contributed by atoms with Gasteiger partial charge in [-0.1, -0.05) is 23.2 Å². The van der Waals surface area contributed by atoms with Gasteiger partial charge in [0.25, 0.3) is 0 Å². The second-order valence-corrected chi connectivity index (χ2v) is 4.80. The first-order valence-corrected chi connectivity index (χ1v) is 6.03. The molecule has 104 valence electrons. The van der Waals surface area contributed by atoms with Crippen LogP contribution in [0.2, 0.25) is 10.0 Å². The van der Waals surface area contributed by atoms with Gasteiger partial charge >= 0.3 is 6.18 Å². The first-order valence-electron chi connectivity index (χ1n) is 5.27. The van der Waals surface area contributed by atoms with E-state index in [-0.39, 0.29) is 21.4 Å². The Bertz CT molecular complexity index is 691. The van der Waals surface area contributed by atoms with Crippen molar-refractivity contribution in [1.29, 1.82) is 5.26 Å². The van der Waals surface area contributed by atoms with Crippen LogP contribution in [0.15, 0.2) is 18.2 Å². The molecule has 0 aliphatic heterocycles. The molecule has 0 aliphatic rings. The maximum absolute atomic E-state index is 12.6. The van der Waals surface area contributed by atoms with Crippen molar-refractivity contribution in [2.75, 3.05) is 0 Å². The summed E-state index contributed by atoms with van der Waals surface area (Å²) in [7, 11) is 0. The summed E-state index contributed by atoms with van der Waals surface area (Å²) in [6, 6.07) is 4.86. The van der Waals surface area contributed by atoms with E-state index in [1.807, 2.05) is 6.07 Å². The molecule has 8 heteroatoms. The van der Waals surface area contributed by atoms with Crippen molar-refractivity contribution >= 4 is 23.2 Å². The van der Waals surface area contributed by atoms with E-state index >= 15 is 0 Å². The summed E-state index contributed by atoms with van der Waals surface area (Å²) in [4.78, 5) is 0. The molecule has 0 atom stereocenters. The standard InChI is InChI=1S/C12H6Cl2F3N3/c1-6-2-8(5-18)19-20(6)11-9(13)3-7(4-10(11)14)12(15,16)17/h2-4H,1H3. The van der Waals surface area contributed by atoms with Gasteiger partial charge in [0.1, 0.15) is 11.8 Å². The highest BCUT2D eigenvalue weighted by atomic mass is 35.5. The highest BCUT2D eigenvalue weighted by molar-refractivity contribution is 6.37. The number of aryl methyl sites for hydroxylation is 1. The van der Waals surface area contributed by atoms with Crippen LogP contribution in [0.25, 0.3) is 5.69 Å². The number of halogens is 5. The van der Waals surface area contributed by atoms with Gasteiger partial charge in [-0.05, 0) is 25.1 Å². The summed E-state index contributed by atoms with van der Waals surface area (Å²) in [6.07, 6.45) is -4.54. The molecule has 1 aromatic heterocycles. The minimum absolute atomic E-state index is 0.111. The van der Waals surface area contributed by atoms with Crippen LogP contribution in [-0.4, -0.2) is 9.78 Å². The number of nitriles is 1. The highest BCUT2D eigenvalue weighted by Crippen LogP contribution is 2.37. The lowest BCUT2D eigenvalue weighted by Crippen LogP contribution is -2.07. The van der Waals surface area contributed by atoms with E-state index in [1.54, 1.807) is 6.92 Å². The van der Waals surface area contributed by atoms with Gasteiger partial charge < -0.3 is 0 Å². The molecule has 0 unspecified atom stereocenters. The zero-order valence-electron chi connectivity index (χ0n) is 9.96. The lowest BCUT2D eigenvalue weighted by Gasteiger charge is -2.13. The van der Waals surface area contributed by atoms with E-state index in [1.165, 1.54) is 10.7 Å². The third kappa shape index (κ3) is 2.60. The Morgan fingerprint density at radius 1 is 1.20 bits per heavy atom. The van der Waals surface area contributed by atoms with Crippen LogP contribution < -0.4 is 0 Å². The van der Waals surface area contributed by atoms with Crippen LogP contribution >= 0.6 is 23.2 Å². The Morgan fingerprint density at radius 2 is 1.75 bits per heavy atom. The molecule has 0 radical (unpaired) electrons. The zero-order valence-corrected chi connectivity index (χ0v) is 11.5. The van der Waals surface area contributed by atoms with Crippen molar-refractivity contribution in [3.63, 3.8) is 0 Å². The summed E-state index contributed by atoms with van der Waals surface area (Å²) in [6.45, 7) is 1.64. The fraction of sp³-hybridized carbons (Fsp3) is 0.167. The minimum atomic E-state index is -4.54. The molecule has 0 bridgehead atoms. The van der Waals surface area contributed by atoms with Crippen LogP contribution in [0.5, 0.6) is 0 Å². The number of nitrogens with zero attached hydrogens (tertiary/aromatic N) is 3. The first kappa shape index (κ1) is 14.7.